The highest BCUT2D eigenvalue weighted by atomic mass is 35.5. The molecule has 1 unspecified atom stereocenters. The summed E-state index contributed by atoms with van der Waals surface area (Å²) in [6.07, 6.45) is 6.40. The fraction of sp³-hybridized carbons (Fsp3) is 0.529. The lowest BCUT2D eigenvalue weighted by Crippen LogP contribution is -2.30. The monoisotopic (exact) mass is 367 g/mol. The summed E-state index contributed by atoms with van der Waals surface area (Å²) in [5, 5.41) is 5.67. The summed E-state index contributed by atoms with van der Waals surface area (Å²) in [7, 11) is 4.25. The molecule has 132 valence electrons. The van der Waals surface area contributed by atoms with Crippen molar-refractivity contribution in [2.45, 2.75) is 25.4 Å². The van der Waals surface area contributed by atoms with Gasteiger partial charge in [-0.2, -0.15) is 0 Å². The molecular formula is C17H26ClN5S. The third-order valence-corrected chi connectivity index (χ3v) is 5.22. The van der Waals surface area contributed by atoms with Crippen molar-refractivity contribution in [3.8, 4) is 0 Å². The molecule has 1 saturated heterocycles. The first-order valence-electron chi connectivity index (χ1n) is 8.20. The number of nitrogens with one attached hydrogen (secondary N) is 1. The summed E-state index contributed by atoms with van der Waals surface area (Å²) in [6.45, 7) is 3.89. The molecule has 1 N–H and O–H groups in total. The molecule has 3 rings (SSSR count). The van der Waals surface area contributed by atoms with Crippen molar-refractivity contribution in [3.05, 3.63) is 40.3 Å². The van der Waals surface area contributed by atoms with Gasteiger partial charge in [0.2, 0.25) is 5.95 Å². The highest BCUT2D eigenvalue weighted by molar-refractivity contribution is 7.10. The number of nitrogens with zero attached hydrogens (tertiary/aromatic N) is 4. The van der Waals surface area contributed by atoms with Crippen molar-refractivity contribution in [1.29, 1.82) is 0 Å². The van der Waals surface area contributed by atoms with E-state index in [9.17, 15) is 0 Å². The summed E-state index contributed by atoms with van der Waals surface area (Å²) in [5.41, 5.74) is 1.14. The van der Waals surface area contributed by atoms with Gasteiger partial charge >= 0.3 is 0 Å². The number of hydrogen-bond acceptors (Lipinski definition) is 6. The number of halogens is 1. The largest absolute Gasteiger partial charge is 0.341 e. The molecule has 1 atom stereocenters. The predicted octanol–water partition coefficient (Wildman–Crippen LogP) is 2.95. The molecule has 1 fully saturated rings. The molecular weight excluding hydrogens is 342 g/mol. The first-order chi connectivity index (χ1) is 11.2. The van der Waals surface area contributed by atoms with Crippen LogP contribution in [-0.2, 0) is 6.54 Å². The minimum Gasteiger partial charge on any atom is -0.341 e. The molecule has 0 spiro atoms. The minimum atomic E-state index is 0. The maximum Gasteiger partial charge on any atom is 0.225 e. The number of anilines is 1. The van der Waals surface area contributed by atoms with E-state index in [1.54, 1.807) is 0 Å². The number of rotatable bonds is 7. The van der Waals surface area contributed by atoms with Crippen molar-refractivity contribution in [1.82, 2.24) is 20.2 Å². The number of thiophene rings is 1. The summed E-state index contributed by atoms with van der Waals surface area (Å²) in [5.74, 6) is 0.871. The Kier molecular flexibility index (Phi) is 7.42. The Morgan fingerprint density at radius 3 is 2.54 bits per heavy atom. The summed E-state index contributed by atoms with van der Waals surface area (Å²) in [6, 6.07) is 4.71. The van der Waals surface area contributed by atoms with Crippen LogP contribution in [0.25, 0.3) is 0 Å². The number of aromatic nitrogens is 2. The Labute approximate surface area is 154 Å². The Morgan fingerprint density at radius 2 is 1.96 bits per heavy atom. The van der Waals surface area contributed by atoms with E-state index in [2.05, 4.69) is 56.7 Å². The smallest absolute Gasteiger partial charge is 0.225 e. The molecule has 0 saturated carbocycles. The van der Waals surface area contributed by atoms with Gasteiger partial charge in [0.15, 0.2) is 0 Å². The molecule has 0 amide bonds. The molecule has 2 aromatic heterocycles. The Hall–Kier alpha value is -1.21. The van der Waals surface area contributed by atoms with Gasteiger partial charge in [0.25, 0.3) is 0 Å². The highest BCUT2D eigenvalue weighted by Crippen LogP contribution is 2.22. The van der Waals surface area contributed by atoms with Crippen LogP contribution in [0, 0.1) is 0 Å². The van der Waals surface area contributed by atoms with Crippen LogP contribution in [0.15, 0.2) is 29.9 Å². The first-order valence-corrected chi connectivity index (χ1v) is 9.08. The van der Waals surface area contributed by atoms with Crippen molar-refractivity contribution in [3.63, 3.8) is 0 Å². The summed E-state index contributed by atoms with van der Waals surface area (Å²) < 4.78 is 0. The first kappa shape index (κ1) is 19.1. The SMILES string of the molecule is CN(C)C(CNCc1cnc(N2CCCC2)nc1)c1cccs1.Cl. The molecule has 1 aliphatic heterocycles. The molecule has 5 nitrogen and oxygen atoms in total. The molecule has 1 aliphatic rings. The van der Waals surface area contributed by atoms with E-state index in [-0.39, 0.29) is 12.4 Å². The molecule has 0 radical (unpaired) electrons. The zero-order valence-electron chi connectivity index (χ0n) is 14.3. The molecule has 0 aromatic carbocycles. The maximum atomic E-state index is 4.51. The normalized spacial score (nSPS) is 15.5. The van der Waals surface area contributed by atoms with Gasteiger partial charge in [-0.25, -0.2) is 9.97 Å². The Balaban J connectivity index is 0.00000208. The van der Waals surface area contributed by atoms with Gasteiger partial charge in [-0.15, -0.1) is 23.7 Å². The fourth-order valence-corrected chi connectivity index (χ4v) is 3.81. The molecule has 24 heavy (non-hydrogen) atoms. The Bertz CT molecular complexity index is 582. The van der Waals surface area contributed by atoms with Gasteiger partial charge < -0.3 is 15.1 Å². The lowest BCUT2D eigenvalue weighted by atomic mass is 10.2. The van der Waals surface area contributed by atoms with Crippen LogP contribution in [0.5, 0.6) is 0 Å². The standard InChI is InChI=1S/C17H25N5S.ClH/c1-21(2)15(16-6-5-9-23-16)13-18-10-14-11-19-17(20-12-14)22-7-3-4-8-22;/h5-6,9,11-12,15,18H,3-4,7-8,10,13H2,1-2H3;1H. The van der Waals surface area contributed by atoms with Crippen LogP contribution >= 0.6 is 23.7 Å². The third-order valence-electron chi connectivity index (χ3n) is 4.24. The number of hydrogen-bond donors (Lipinski definition) is 1. The maximum absolute atomic E-state index is 4.51. The third kappa shape index (κ3) is 4.89. The predicted molar refractivity (Wildman–Crippen MR) is 103 cm³/mol. The minimum absolute atomic E-state index is 0. The van der Waals surface area contributed by atoms with Crippen molar-refractivity contribution in [2.75, 3.05) is 38.6 Å². The second kappa shape index (κ2) is 9.32. The van der Waals surface area contributed by atoms with Gasteiger partial charge in [-0.3, -0.25) is 0 Å². The second-order valence-electron chi connectivity index (χ2n) is 6.21. The van der Waals surface area contributed by atoms with Gasteiger partial charge in [0, 0.05) is 49.0 Å². The van der Waals surface area contributed by atoms with E-state index in [0.717, 1.165) is 37.7 Å². The van der Waals surface area contributed by atoms with Gasteiger partial charge in [-0.05, 0) is 38.4 Å². The van der Waals surface area contributed by atoms with E-state index in [1.165, 1.54) is 17.7 Å². The summed E-state index contributed by atoms with van der Waals surface area (Å²) >= 11 is 1.81. The van der Waals surface area contributed by atoms with E-state index >= 15 is 0 Å². The fourth-order valence-electron chi connectivity index (χ4n) is 2.89. The molecule has 3 heterocycles. The number of likely N-dealkylation sites (N-methyl/N-ethyl adjacent to an activating group) is 1. The van der Waals surface area contributed by atoms with E-state index in [4.69, 9.17) is 0 Å². The van der Waals surface area contributed by atoms with Crippen molar-refractivity contribution in [2.24, 2.45) is 0 Å². The van der Waals surface area contributed by atoms with Gasteiger partial charge in [-0.1, -0.05) is 6.07 Å². The average Bonchev–Trinajstić information content (AvgIpc) is 3.25. The van der Waals surface area contributed by atoms with Crippen molar-refractivity contribution >= 4 is 29.7 Å². The lowest BCUT2D eigenvalue weighted by Gasteiger charge is -2.23. The van der Waals surface area contributed by atoms with Crippen molar-refractivity contribution < 1.29 is 0 Å². The molecule has 7 heteroatoms. The van der Waals surface area contributed by atoms with Crippen LogP contribution in [-0.4, -0.2) is 48.6 Å². The molecule has 0 aliphatic carbocycles. The van der Waals surface area contributed by atoms with Crippen LogP contribution in [0.3, 0.4) is 0 Å². The quantitative estimate of drug-likeness (QED) is 0.815. The van der Waals surface area contributed by atoms with Crippen LogP contribution in [0.2, 0.25) is 0 Å². The van der Waals surface area contributed by atoms with E-state index in [1.807, 2.05) is 23.7 Å². The van der Waals surface area contributed by atoms with Crippen LogP contribution in [0.4, 0.5) is 5.95 Å². The topological polar surface area (TPSA) is 44.3 Å². The van der Waals surface area contributed by atoms with E-state index in [0.29, 0.717) is 6.04 Å². The lowest BCUT2D eigenvalue weighted by molar-refractivity contribution is 0.292. The molecule has 0 bridgehead atoms. The Morgan fingerprint density at radius 1 is 1.25 bits per heavy atom. The van der Waals surface area contributed by atoms with Gasteiger partial charge in [0.05, 0.1) is 6.04 Å². The van der Waals surface area contributed by atoms with Crippen LogP contribution < -0.4 is 10.2 Å². The zero-order valence-corrected chi connectivity index (χ0v) is 15.9. The highest BCUT2D eigenvalue weighted by Gasteiger charge is 2.16. The second-order valence-corrected chi connectivity index (χ2v) is 7.19. The molecule has 2 aromatic rings. The van der Waals surface area contributed by atoms with Crippen LogP contribution in [0.1, 0.15) is 29.3 Å². The van der Waals surface area contributed by atoms with E-state index < -0.39 is 0 Å². The summed E-state index contributed by atoms with van der Waals surface area (Å²) in [4.78, 5) is 14.9. The van der Waals surface area contributed by atoms with Gasteiger partial charge in [0.1, 0.15) is 0 Å². The average molecular weight is 368 g/mol. The zero-order chi connectivity index (χ0) is 16.1.